The normalized spacial score (nSPS) is 8.64. The fourth-order valence-electron chi connectivity index (χ4n) is 0.832. The Bertz CT molecular complexity index is 391. The van der Waals surface area contributed by atoms with Crippen molar-refractivity contribution in [1.82, 2.24) is 4.98 Å². The molecule has 0 saturated heterocycles. The molecule has 0 bridgehead atoms. The molecule has 1 aromatic heterocycles. The molecule has 2 N–H and O–H groups in total. The van der Waals surface area contributed by atoms with Crippen LogP contribution in [0.3, 0.4) is 0 Å². The van der Waals surface area contributed by atoms with Gasteiger partial charge in [0.1, 0.15) is 0 Å². The third kappa shape index (κ3) is 3.15. The van der Waals surface area contributed by atoms with Crippen molar-refractivity contribution in [1.29, 1.82) is 0 Å². The van der Waals surface area contributed by atoms with Crippen LogP contribution in [0.2, 0.25) is 0 Å². The highest BCUT2D eigenvalue weighted by Crippen LogP contribution is 2.06. The van der Waals surface area contributed by atoms with Gasteiger partial charge in [0.25, 0.3) is 0 Å². The monoisotopic (exact) mass is 190 g/mol. The summed E-state index contributed by atoms with van der Waals surface area (Å²) in [6.07, 6.45) is 1.65. The van der Waals surface area contributed by atoms with Crippen LogP contribution in [0.15, 0.2) is 18.3 Å². The van der Waals surface area contributed by atoms with Gasteiger partial charge in [-0.3, -0.25) is 4.79 Å². The number of carbonyl (C=O) groups is 1. The van der Waals surface area contributed by atoms with Crippen LogP contribution in [0.25, 0.3) is 0 Å². The van der Waals surface area contributed by atoms with Gasteiger partial charge in [-0.05, 0) is 6.07 Å². The Morgan fingerprint density at radius 1 is 1.71 bits per heavy atom. The first kappa shape index (κ1) is 10.1. The topological polar surface area (TPSA) is 65.2 Å². The maximum atomic E-state index is 10.4. The van der Waals surface area contributed by atoms with Crippen molar-refractivity contribution in [2.24, 2.45) is 5.73 Å². The van der Waals surface area contributed by atoms with Crippen LogP contribution in [0.1, 0.15) is 12.0 Å². The number of rotatable bonds is 2. The molecule has 0 unspecified atom stereocenters. The second kappa shape index (κ2) is 4.87. The lowest BCUT2D eigenvalue weighted by atomic mass is 10.2. The minimum absolute atomic E-state index is 0.0602. The molecule has 1 aromatic rings. The molecule has 1 rings (SSSR count). The van der Waals surface area contributed by atoms with Crippen molar-refractivity contribution in [2.75, 3.05) is 7.11 Å². The van der Waals surface area contributed by atoms with Crippen molar-refractivity contribution < 1.29 is 9.53 Å². The van der Waals surface area contributed by atoms with E-state index in [0.717, 1.165) is 5.56 Å². The predicted molar refractivity (Wildman–Crippen MR) is 51.5 cm³/mol. The number of hydrogen-bond donors (Lipinski definition) is 1. The highest BCUT2D eigenvalue weighted by Gasteiger charge is 1.92. The Morgan fingerprint density at radius 3 is 3.14 bits per heavy atom. The average Bonchev–Trinajstić information content (AvgIpc) is 2.18. The van der Waals surface area contributed by atoms with Gasteiger partial charge < -0.3 is 10.5 Å². The average molecular weight is 190 g/mol. The van der Waals surface area contributed by atoms with Gasteiger partial charge in [-0.15, -0.1) is 0 Å². The summed E-state index contributed by atoms with van der Waals surface area (Å²) in [6, 6.07) is 3.42. The molecule has 0 aliphatic rings. The number of carbonyl (C=O) groups excluding carboxylic acids is 1. The van der Waals surface area contributed by atoms with Gasteiger partial charge >= 0.3 is 0 Å². The van der Waals surface area contributed by atoms with Gasteiger partial charge in [0, 0.05) is 17.8 Å². The molecule has 4 heteroatoms. The lowest BCUT2D eigenvalue weighted by Gasteiger charge is -1.96. The molecule has 0 radical (unpaired) electrons. The van der Waals surface area contributed by atoms with E-state index in [-0.39, 0.29) is 6.42 Å². The quantitative estimate of drug-likeness (QED) is 0.683. The maximum Gasteiger partial charge on any atom is 0.229 e. The SMILES string of the molecule is COc1cc(C#CCC(N)=O)ccn1. The Hall–Kier alpha value is -2.02. The highest BCUT2D eigenvalue weighted by atomic mass is 16.5. The number of primary amides is 1. The fourth-order valence-corrected chi connectivity index (χ4v) is 0.832. The number of ether oxygens (including phenoxy) is 1. The molecule has 0 saturated carbocycles. The van der Waals surface area contributed by atoms with Gasteiger partial charge in [0.05, 0.1) is 13.5 Å². The molecule has 1 amide bonds. The van der Waals surface area contributed by atoms with Crippen LogP contribution in [0, 0.1) is 11.8 Å². The Labute approximate surface area is 82.1 Å². The number of amides is 1. The Kier molecular flexibility index (Phi) is 3.50. The van der Waals surface area contributed by atoms with Crippen LogP contribution in [-0.4, -0.2) is 18.0 Å². The first-order valence-corrected chi connectivity index (χ1v) is 3.99. The molecule has 0 spiro atoms. The smallest absolute Gasteiger partial charge is 0.229 e. The molecule has 1 heterocycles. The summed E-state index contributed by atoms with van der Waals surface area (Å²) >= 11 is 0. The van der Waals surface area contributed by atoms with E-state index in [0.29, 0.717) is 5.88 Å². The Balaban J connectivity index is 2.74. The summed E-state index contributed by atoms with van der Waals surface area (Å²) in [7, 11) is 1.53. The van der Waals surface area contributed by atoms with Crippen molar-refractivity contribution >= 4 is 5.91 Å². The van der Waals surface area contributed by atoms with Crippen molar-refractivity contribution in [3.63, 3.8) is 0 Å². The van der Waals surface area contributed by atoms with Crippen molar-refractivity contribution in [2.45, 2.75) is 6.42 Å². The number of aromatic nitrogens is 1. The molecule has 0 fully saturated rings. The molecule has 0 aromatic carbocycles. The van der Waals surface area contributed by atoms with E-state index in [2.05, 4.69) is 16.8 Å². The molecule has 4 nitrogen and oxygen atoms in total. The van der Waals surface area contributed by atoms with Gasteiger partial charge in [0.2, 0.25) is 11.8 Å². The largest absolute Gasteiger partial charge is 0.481 e. The lowest BCUT2D eigenvalue weighted by Crippen LogP contribution is -2.08. The van der Waals surface area contributed by atoms with E-state index in [1.165, 1.54) is 7.11 Å². The zero-order chi connectivity index (χ0) is 10.4. The summed E-state index contributed by atoms with van der Waals surface area (Å²) in [5.41, 5.74) is 5.68. The third-order valence-electron chi connectivity index (χ3n) is 1.44. The van der Waals surface area contributed by atoms with E-state index in [1.54, 1.807) is 18.3 Å². The second-order valence-electron chi connectivity index (χ2n) is 2.53. The van der Waals surface area contributed by atoms with Gasteiger partial charge in [-0.25, -0.2) is 4.98 Å². The summed E-state index contributed by atoms with van der Waals surface area (Å²) in [5.74, 6) is 5.49. The van der Waals surface area contributed by atoms with Crippen LogP contribution in [0.4, 0.5) is 0 Å². The van der Waals surface area contributed by atoms with Gasteiger partial charge in [-0.1, -0.05) is 11.8 Å². The first-order chi connectivity index (χ1) is 6.72. The maximum absolute atomic E-state index is 10.4. The van der Waals surface area contributed by atoms with Crippen molar-refractivity contribution in [3.05, 3.63) is 23.9 Å². The number of nitrogens with zero attached hydrogens (tertiary/aromatic N) is 1. The first-order valence-electron chi connectivity index (χ1n) is 3.99. The van der Waals surface area contributed by atoms with Crippen LogP contribution >= 0.6 is 0 Å². The van der Waals surface area contributed by atoms with Crippen LogP contribution < -0.4 is 10.5 Å². The minimum atomic E-state index is -0.432. The zero-order valence-electron chi connectivity index (χ0n) is 7.78. The van der Waals surface area contributed by atoms with Crippen molar-refractivity contribution in [3.8, 4) is 17.7 Å². The molecule has 72 valence electrons. The Morgan fingerprint density at radius 2 is 2.50 bits per heavy atom. The van der Waals surface area contributed by atoms with Gasteiger partial charge in [0.15, 0.2) is 0 Å². The standard InChI is InChI=1S/C10H10N2O2/c1-14-10-7-8(5-6-12-10)3-2-4-9(11)13/h5-7H,4H2,1H3,(H2,11,13). The molecule has 0 aliphatic heterocycles. The minimum Gasteiger partial charge on any atom is -0.481 e. The highest BCUT2D eigenvalue weighted by molar-refractivity contribution is 5.76. The summed E-state index contributed by atoms with van der Waals surface area (Å²) < 4.78 is 4.91. The summed E-state index contributed by atoms with van der Waals surface area (Å²) in [5, 5.41) is 0. The molecule has 14 heavy (non-hydrogen) atoms. The van der Waals surface area contributed by atoms with Crippen LogP contribution in [-0.2, 0) is 4.79 Å². The molecule has 0 atom stereocenters. The van der Waals surface area contributed by atoms with E-state index in [4.69, 9.17) is 10.5 Å². The molecule has 0 aliphatic carbocycles. The second-order valence-corrected chi connectivity index (χ2v) is 2.53. The van der Waals surface area contributed by atoms with Gasteiger partial charge in [-0.2, -0.15) is 0 Å². The summed E-state index contributed by atoms with van der Waals surface area (Å²) in [6.45, 7) is 0. The number of pyridine rings is 1. The zero-order valence-corrected chi connectivity index (χ0v) is 7.78. The van der Waals surface area contributed by atoms with E-state index < -0.39 is 5.91 Å². The predicted octanol–water partition coefficient (Wildman–Crippen LogP) is 0.317. The number of methoxy groups -OCH3 is 1. The van der Waals surface area contributed by atoms with E-state index in [9.17, 15) is 4.79 Å². The molecular weight excluding hydrogens is 180 g/mol. The lowest BCUT2D eigenvalue weighted by molar-refractivity contribution is -0.117. The number of nitrogens with two attached hydrogens (primary N) is 1. The van der Waals surface area contributed by atoms with E-state index in [1.807, 2.05) is 0 Å². The fraction of sp³-hybridized carbons (Fsp3) is 0.200. The summed E-state index contributed by atoms with van der Waals surface area (Å²) in [4.78, 5) is 14.3. The van der Waals surface area contributed by atoms with Crippen LogP contribution in [0.5, 0.6) is 5.88 Å². The van der Waals surface area contributed by atoms with E-state index >= 15 is 0 Å². The third-order valence-corrected chi connectivity index (χ3v) is 1.44. The number of hydrogen-bond acceptors (Lipinski definition) is 3. The molecular formula is C10H10N2O2.